The molecule has 0 amide bonds. The van der Waals surface area contributed by atoms with Crippen LogP contribution in [0.2, 0.25) is 0 Å². The molecule has 1 N–H and O–H groups in total. The zero-order chi connectivity index (χ0) is 21.3. The summed E-state index contributed by atoms with van der Waals surface area (Å²) in [5, 5.41) is 21.3. The standard InChI is InChI=1S/C22H13BrN2O5/c23-13-5-9-19-17(11-13)18(22(26)27)12-14(24-19)6-7-15-8-10-21(30-15)16-3-1-2-4-20(16)25(28)29/h1-12H,(H,26,27)/b7-6+. The number of furan rings is 1. The van der Waals surface area contributed by atoms with Crippen LogP contribution in [0.3, 0.4) is 0 Å². The molecule has 2 heterocycles. The number of hydrogen-bond donors (Lipinski definition) is 1. The van der Waals surface area contributed by atoms with E-state index < -0.39 is 10.9 Å². The molecule has 0 aliphatic rings. The maximum Gasteiger partial charge on any atom is 0.336 e. The van der Waals surface area contributed by atoms with Crippen molar-refractivity contribution in [2.75, 3.05) is 0 Å². The maximum atomic E-state index is 11.7. The average Bonchev–Trinajstić information content (AvgIpc) is 3.20. The average molecular weight is 465 g/mol. The van der Waals surface area contributed by atoms with E-state index in [0.29, 0.717) is 33.7 Å². The number of carboxylic acid groups (broad SMARTS) is 1. The number of aromatic nitrogens is 1. The second-order valence-electron chi connectivity index (χ2n) is 6.37. The normalized spacial score (nSPS) is 11.2. The molecule has 0 aliphatic carbocycles. The van der Waals surface area contributed by atoms with Crippen molar-refractivity contribution in [3.8, 4) is 11.3 Å². The Balaban J connectivity index is 1.69. The van der Waals surface area contributed by atoms with E-state index in [1.165, 1.54) is 12.1 Å². The summed E-state index contributed by atoms with van der Waals surface area (Å²) in [5.74, 6) is -0.228. The molecular weight excluding hydrogens is 452 g/mol. The van der Waals surface area contributed by atoms with Crippen molar-refractivity contribution in [2.45, 2.75) is 0 Å². The fourth-order valence-electron chi connectivity index (χ4n) is 3.08. The summed E-state index contributed by atoms with van der Waals surface area (Å²) in [6.07, 6.45) is 3.27. The first-order valence-electron chi connectivity index (χ1n) is 8.78. The topological polar surface area (TPSA) is 106 Å². The van der Waals surface area contributed by atoms with Crippen LogP contribution in [0, 0.1) is 10.1 Å². The molecule has 4 aromatic rings. The Bertz CT molecular complexity index is 1330. The quantitative estimate of drug-likeness (QED) is 0.285. The molecule has 0 bridgehead atoms. The Morgan fingerprint density at radius 2 is 1.90 bits per heavy atom. The van der Waals surface area contributed by atoms with Crippen LogP contribution in [0.25, 0.3) is 34.4 Å². The van der Waals surface area contributed by atoms with Gasteiger partial charge in [0.25, 0.3) is 5.69 Å². The number of nitro groups is 1. The Kier molecular flexibility index (Phi) is 5.16. The number of carboxylic acids is 1. The number of pyridine rings is 1. The second kappa shape index (κ2) is 7.92. The number of benzene rings is 2. The highest BCUT2D eigenvalue weighted by Crippen LogP contribution is 2.31. The lowest BCUT2D eigenvalue weighted by atomic mass is 10.1. The Labute approximate surface area is 178 Å². The Morgan fingerprint density at radius 3 is 2.67 bits per heavy atom. The number of carbonyl (C=O) groups is 1. The van der Waals surface area contributed by atoms with E-state index >= 15 is 0 Å². The molecule has 0 saturated heterocycles. The molecule has 4 rings (SSSR count). The summed E-state index contributed by atoms with van der Waals surface area (Å²) < 4.78 is 6.49. The van der Waals surface area contributed by atoms with Crippen LogP contribution in [-0.2, 0) is 0 Å². The van der Waals surface area contributed by atoms with Gasteiger partial charge in [0.05, 0.1) is 27.3 Å². The highest BCUT2D eigenvalue weighted by Gasteiger charge is 2.17. The van der Waals surface area contributed by atoms with Crippen LogP contribution >= 0.6 is 15.9 Å². The molecule has 0 spiro atoms. The molecule has 0 aliphatic heterocycles. The number of para-hydroxylation sites is 1. The number of halogens is 1. The van der Waals surface area contributed by atoms with Gasteiger partial charge in [-0.25, -0.2) is 9.78 Å². The Morgan fingerprint density at radius 1 is 1.10 bits per heavy atom. The fourth-order valence-corrected chi connectivity index (χ4v) is 3.44. The number of rotatable bonds is 5. The molecule has 0 saturated carbocycles. The molecule has 148 valence electrons. The molecule has 2 aromatic heterocycles. The van der Waals surface area contributed by atoms with Crippen LogP contribution in [-0.4, -0.2) is 21.0 Å². The van der Waals surface area contributed by atoms with Gasteiger partial charge in [-0.05, 0) is 54.6 Å². The van der Waals surface area contributed by atoms with Gasteiger partial charge in [-0.1, -0.05) is 28.1 Å². The zero-order valence-corrected chi connectivity index (χ0v) is 16.9. The first-order chi connectivity index (χ1) is 14.4. The lowest BCUT2D eigenvalue weighted by molar-refractivity contribution is -0.384. The summed E-state index contributed by atoms with van der Waals surface area (Å²) in [5.41, 5.74) is 1.48. The van der Waals surface area contributed by atoms with E-state index in [1.807, 2.05) is 0 Å². The van der Waals surface area contributed by atoms with E-state index in [0.717, 1.165) is 4.47 Å². The first-order valence-corrected chi connectivity index (χ1v) is 9.57. The lowest BCUT2D eigenvalue weighted by Crippen LogP contribution is -2.00. The van der Waals surface area contributed by atoms with Crippen molar-refractivity contribution in [1.82, 2.24) is 4.98 Å². The highest BCUT2D eigenvalue weighted by atomic mass is 79.9. The van der Waals surface area contributed by atoms with Crippen LogP contribution < -0.4 is 0 Å². The van der Waals surface area contributed by atoms with Crippen molar-refractivity contribution < 1.29 is 19.2 Å². The molecule has 8 heteroatoms. The number of nitrogens with zero attached hydrogens (tertiary/aromatic N) is 2. The summed E-state index contributed by atoms with van der Waals surface area (Å²) in [4.78, 5) is 26.9. The van der Waals surface area contributed by atoms with Gasteiger partial charge in [0.15, 0.2) is 0 Å². The van der Waals surface area contributed by atoms with E-state index in [1.54, 1.807) is 60.7 Å². The predicted octanol–water partition coefficient (Wildman–Crippen LogP) is 6.03. The molecule has 0 atom stereocenters. The third kappa shape index (κ3) is 3.85. The first kappa shape index (κ1) is 19.5. The fraction of sp³-hybridized carbons (Fsp3) is 0. The SMILES string of the molecule is O=C(O)c1cc(/C=C/c2ccc(-c3ccccc3[N+](=O)[O-])o2)nc2ccc(Br)cc12. The van der Waals surface area contributed by atoms with E-state index in [-0.39, 0.29) is 11.3 Å². The zero-order valence-electron chi connectivity index (χ0n) is 15.3. The van der Waals surface area contributed by atoms with Crippen LogP contribution in [0.5, 0.6) is 0 Å². The van der Waals surface area contributed by atoms with Crippen molar-refractivity contribution in [3.63, 3.8) is 0 Å². The van der Waals surface area contributed by atoms with Crippen molar-refractivity contribution in [2.24, 2.45) is 0 Å². The van der Waals surface area contributed by atoms with Gasteiger partial charge < -0.3 is 9.52 Å². The van der Waals surface area contributed by atoms with Gasteiger partial charge in [0.2, 0.25) is 0 Å². The highest BCUT2D eigenvalue weighted by molar-refractivity contribution is 9.10. The smallest absolute Gasteiger partial charge is 0.336 e. The number of aromatic carboxylic acids is 1. The Hall–Kier alpha value is -3.78. The molecule has 0 radical (unpaired) electrons. The third-order valence-corrected chi connectivity index (χ3v) is 4.93. The van der Waals surface area contributed by atoms with Gasteiger partial charge in [-0.3, -0.25) is 10.1 Å². The molecular formula is C22H13BrN2O5. The summed E-state index contributed by atoms with van der Waals surface area (Å²) in [6.45, 7) is 0. The maximum absolute atomic E-state index is 11.7. The second-order valence-corrected chi connectivity index (χ2v) is 7.29. The molecule has 0 unspecified atom stereocenters. The summed E-state index contributed by atoms with van der Waals surface area (Å²) in [7, 11) is 0. The van der Waals surface area contributed by atoms with Crippen molar-refractivity contribution >= 4 is 50.6 Å². The summed E-state index contributed by atoms with van der Waals surface area (Å²) >= 11 is 3.34. The van der Waals surface area contributed by atoms with Gasteiger partial charge in [0, 0.05) is 15.9 Å². The molecule has 2 aromatic carbocycles. The van der Waals surface area contributed by atoms with E-state index in [4.69, 9.17) is 4.42 Å². The minimum atomic E-state index is -1.05. The van der Waals surface area contributed by atoms with E-state index in [9.17, 15) is 20.0 Å². The van der Waals surface area contributed by atoms with Crippen LogP contribution in [0.1, 0.15) is 21.8 Å². The van der Waals surface area contributed by atoms with Crippen molar-refractivity contribution in [1.29, 1.82) is 0 Å². The van der Waals surface area contributed by atoms with Gasteiger partial charge >= 0.3 is 5.97 Å². The molecule has 0 fully saturated rings. The predicted molar refractivity (Wildman–Crippen MR) is 116 cm³/mol. The monoisotopic (exact) mass is 464 g/mol. The number of nitro benzene ring substituents is 1. The van der Waals surface area contributed by atoms with Gasteiger partial charge in [-0.2, -0.15) is 0 Å². The van der Waals surface area contributed by atoms with E-state index in [2.05, 4.69) is 20.9 Å². The van der Waals surface area contributed by atoms with Crippen LogP contribution in [0.4, 0.5) is 5.69 Å². The van der Waals surface area contributed by atoms with Gasteiger partial charge in [-0.15, -0.1) is 0 Å². The number of fused-ring (bicyclic) bond motifs is 1. The molecule has 7 nitrogen and oxygen atoms in total. The van der Waals surface area contributed by atoms with Gasteiger partial charge in [0.1, 0.15) is 11.5 Å². The lowest BCUT2D eigenvalue weighted by Gasteiger charge is -2.05. The third-order valence-electron chi connectivity index (χ3n) is 4.43. The summed E-state index contributed by atoms with van der Waals surface area (Å²) in [6, 6.07) is 16.4. The molecule has 30 heavy (non-hydrogen) atoms. The van der Waals surface area contributed by atoms with Crippen molar-refractivity contribution in [3.05, 3.63) is 92.3 Å². The number of hydrogen-bond acceptors (Lipinski definition) is 5. The van der Waals surface area contributed by atoms with Crippen LogP contribution in [0.15, 0.2) is 69.6 Å². The minimum absolute atomic E-state index is 0.0455. The minimum Gasteiger partial charge on any atom is -0.478 e. The largest absolute Gasteiger partial charge is 0.478 e.